The van der Waals surface area contributed by atoms with Crippen LogP contribution in [0.25, 0.3) is 11.3 Å². The van der Waals surface area contributed by atoms with Gasteiger partial charge in [-0.25, -0.2) is 9.79 Å². The van der Waals surface area contributed by atoms with Crippen molar-refractivity contribution in [1.29, 1.82) is 0 Å². The van der Waals surface area contributed by atoms with Crippen molar-refractivity contribution in [2.24, 2.45) is 4.99 Å². The molecule has 1 aromatic heterocycles. The van der Waals surface area contributed by atoms with Gasteiger partial charge in [-0.05, 0) is 50.6 Å². The van der Waals surface area contributed by atoms with E-state index in [2.05, 4.69) is 5.32 Å². The van der Waals surface area contributed by atoms with Crippen molar-refractivity contribution in [2.75, 3.05) is 18.5 Å². The third-order valence-corrected chi connectivity index (χ3v) is 8.06. The fourth-order valence-electron chi connectivity index (χ4n) is 5.23. The van der Waals surface area contributed by atoms with E-state index in [-0.39, 0.29) is 22.6 Å². The number of rotatable bonds is 6. The number of carbonyl (C=O) groups excluding carboxylic acids is 2. The highest BCUT2D eigenvalue weighted by atomic mass is 32.1. The summed E-state index contributed by atoms with van der Waals surface area (Å²) in [6.45, 7) is 6.24. The first-order chi connectivity index (χ1) is 19.9. The molecular weight excluding hydrogens is 538 g/mol. The number of amides is 1. The van der Waals surface area contributed by atoms with Gasteiger partial charge in [0, 0.05) is 16.8 Å². The zero-order valence-corrected chi connectivity index (χ0v) is 23.6. The highest BCUT2D eigenvalue weighted by Gasteiger charge is 2.36. The van der Waals surface area contributed by atoms with E-state index in [1.54, 1.807) is 6.92 Å². The molecule has 206 valence electrons. The molecule has 0 bridgehead atoms. The molecule has 2 aliphatic heterocycles. The van der Waals surface area contributed by atoms with E-state index in [1.165, 1.54) is 4.57 Å². The first kappa shape index (κ1) is 26.5. The molecule has 3 heterocycles. The standard InChI is InChI=1S/C32H27N3O5S/c1-4-39-21-14-12-20(13-15-21)27-25(31(38)40-5-2)26(19-9-7-6-8-10-19)34-32-35(27)30(37)28(41-32)24-22-17-18(3)11-16-23(22)33-29(24)36/h6-17,27H,4-5H2,1-3H3,(H,33,36)/b28-24+/t27-/m0/s1. The van der Waals surface area contributed by atoms with Gasteiger partial charge in [0.2, 0.25) is 0 Å². The van der Waals surface area contributed by atoms with Crippen LogP contribution < -0.4 is 24.9 Å². The minimum Gasteiger partial charge on any atom is -0.494 e. The summed E-state index contributed by atoms with van der Waals surface area (Å²) in [6.07, 6.45) is 0. The Bertz CT molecular complexity index is 1900. The normalized spacial score (nSPS) is 17.0. The van der Waals surface area contributed by atoms with Crippen molar-refractivity contribution in [1.82, 2.24) is 4.57 Å². The molecule has 8 nitrogen and oxygen atoms in total. The third kappa shape index (κ3) is 4.58. The average Bonchev–Trinajstić information content (AvgIpc) is 3.47. The van der Waals surface area contributed by atoms with Gasteiger partial charge < -0.3 is 14.8 Å². The van der Waals surface area contributed by atoms with E-state index in [0.29, 0.717) is 50.8 Å². The summed E-state index contributed by atoms with van der Waals surface area (Å²) in [4.78, 5) is 46.3. The Morgan fingerprint density at radius 1 is 1.00 bits per heavy atom. The summed E-state index contributed by atoms with van der Waals surface area (Å²) < 4.78 is 12.9. The molecule has 9 heteroatoms. The van der Waals surface area contributed by atoms with Crippen LogP contribution in [0.1, 0.15) is 42.1 Å². The molecule has 6 rings (SSSR count). The SMILES string of the molecule is CCOC(=O)C1=C(c2ccccc2)N=c2s/c(=C3/C(=O)Nc4ccc(C)cc43)c(=O)n2[C@H]1c1ccc(OCC)cc1. The lowest BCUT2D eigenvalue weighted by molar-refractivity contribution is -0.138. The van der Waals surface area contributed by atoms with Gasteiger partial charge in [0.15, 0.2) is 4.80 Å². The topological polar surface area (TPSA) is 99.0 Å². The summed E-state index contributed by atoms with van der Waals surface area (Å²) in [7, 11) is 0. The number of benzene rings is 3. The maximum atomic E-state index is 14.3. The Kier molecular flexibility index (Phi) is 6.88. The molecule has 2 aliphatic rings. The van der Waals surface area contributed by atoms with Crippen LogP contribution in [-0.4, -0.2) is 29.7 Å². The molecule has 0 fully saturated rings. The second-order valence-corrected chi connectivity index (χ2v) is 10.6. The van der Waals surface area contributed by atoms with Crippen molar-refractivity contribution < 1.29 is 19.1 Å². The van der Waals surface area contributed by atoms with Gasteiger partial charge in [0.1, 0.15) is 10.3 Å². The van der Waals surface area contributed by atoms with E-state index in [0.717, 1.165) is 16.9 Å². The van der Waals surface area contributed by atoms with Gasteiger partial charge in [-0.1, -0.05) is 65.4 Å². The molecule has 0 unspecified atom stereocenters. The second-order valence-electron chi connectivity index (χ2n) is 9.63. The highest BCUT2D eigenvalue weighted by Crippen LogP contribution is 2.36. The lowest BCUT2D eigenvalue weighted by Crippen LogP contribution is -2.40. The number of aromatic nitrogens is 1. The number of fused-ring (bicyclic) bond motifs is 2. The number of nitrogens with zero attached hydrogens (tertiary/aromatic N) is 2. The Labute approximate surface area is 239 Å². The number of carbonyl (C=O) groups is 2. The molecule has 41 heavy (non-hydrogen) atoms. The molecule has 0 radical (unpaired) electrons. The average molecular weight is 566 g/mol. The van der Waals surface area contributed by atoms with E-state index in [9.17, 15) is 14.4 Å². The van der Waals surface area contributed by atoms with E-state index < -0.39 is 17.6 Å². The summed E-state index contributed by atoms with van der Waals surface area (Å²) >= 11 is 1.14. The predicted molar refractivity (Wildman–Crippen MR) is 157 cm³/mol. The third-order valence-electron chi connectivity index (χ3n) is 7.00. The number of aryl methyl sites for hydroxylation is 1. The van der Waals surface area contributed by atoms with Gasteiger partial charge in [0.25, 0.3) is 11.5 Å². The molecular formula is C32H27N3O5S. The van der Waals surface area contributed by atoms with E-state index >= 15 is 0 Å². The van der Waals surface area contributed by atoms with E-state index in [1.807, 2.05) is 86.6 Å². The molecule has 1 atom stereocenters. The van der Waals surface area contributed by atoms with Crippen LogP contribution in [-0.2, 0) is 14.3 Å². The minimum atomic E-state index is -0.841. The fourth-order valence-corrected chi connectivity index (χ4v) is 6.32. The lowest BCUT2D eigenvalue weighted by Gasteiger charge is -2.26. The van der Waals surface area contributed by atoms with Crippen LogP contribution >= 0.6 is 11.3 Å². The van der Waals surface area contributed by atoms with Gasteiger partial charge in [-0.2, -0.15) is 0 Å². The van der Waals surface area contributed by atoms with Crippen molar-refractivity contribution in [3.8, 4) is 5.75 Å². The highest BCUT2D eigenvalue weighted by molar-refractivity contribution is 7.07. The van der Waals surface area contributed by atoms with Crippen LogP contribution in [0.15, 0.2) is 88.2 Å². The molecule has 4 aromatic rings. The summed E-state index contributed by atoms with van der Waals surface area (Å²) in [5.41, 5.74) is 4.27. The maximum absolute atomic E-state index is 14.3. The van der Waals surface area contributed by atoms with Crippen molar-refractivity contribution >= 4 is 40.2 Å². The van der Waals surface area contributed by atoms with Gasteiger partial charge in [-0.3, -0.25) is 14.2 Å². The Morgan fingerprint density at radius 3 is 2.46 bits per heavy atom. The molecule has 1 N–H and O–H groups in total. The zero-order chi connectivity index (χ0) is 28.7. The number of anilines is 1. The molecule has 3 aromatic carbocycles. The maximum Gasteiger partial charge on any atom is 0.338 e. The van der Waals surface area contributed by atoms with Crippen LogP contribution in [0.2, 0.25) is 0 Å². The molecule has 0 aliphatic carbocycles. The fraction of sp³-hybridized carbons (Fsp3) is 0.188. The largest absolute Gasteiger partial charge is 0.494 e. The van der Waals surface area contributed by atoms with Gasteiger partial charge >= 0.3 is 5.97 Å². The molecule has 0 saturated carbocycles. The van der Waals surface area contributed by atoms with Crippen LogP contribution in [0.4, 0.5) is 5.69 Å². The first-order valence-corrected chi connectivity index (χ1v) is 14.2. The number of esters is 1. The number of nitrogens with one attached hydrogen (secondary N) is 1. The van der Waals surface area contributed by atoms with Crippen LogP contribution in [0.5, 0.6) is 5.75 Å². The monoisotopic (exact) mass is 565 g/mol. The quantitative estimate of drug-likeness (QED) is 0.357. The van der Waals surface area contributed by atoms with Crippen molar-refractivity contribution in [2.45, 2.75) is 26.8 Å². The Hall–Kier alpha value is -4.76. The van der Waals surface area contributed by atoms with Crippen LogP contribution in [0, 0.1) is 6.92 Å². The Balaban J connectivity index is 1.69. The number of thiazole rings is 1. The van der Waals surface area contributed by atoms with Crippen LogP contribution in [0.3, 0.4) is 0 Å². The van der Waals surface area contributed by atoms with Crippen molar-refractivity contribution in [3.05, 3.63) is 120 Å². The second kappa shape index (κ2) is 10.7. The smallest absolute Gasteiger partial charge is 0.338 e. The molecule has 0 spiro atoms. The van der Waals surface area contributed by atoms with Gasteiger partial charge in [-0.15, -0.1) is 0 Å². The van der Waals surface area contributed by atoms with Crippen molar-refractivity contribution in [3.63, 3.8) is 0 Å². The number of hydrogen-bond acceptors (Lipinski definition) is 7. The lowest BCUT2D eigenvalue weighted by atomic mass is 9.93. The summed E-state index contributed by atoms with van der Waals surface area (Å²) in [6, 6.07) is 21.5. The van der Waals surface area contributed by atoms with E-state index in [4.69, 9.17) is 14.5 Å². The minimum absolute atomic E-state index is 0.158. The first-order valence-electron chi connectivity index (χ1n) is 13.4. The Morgan fingerprint density at radius 2 is 1.76 bits per heavy atom. The molecule has 1 amide bonds. The number of hydrogen-bond donors (Lipinski definition) is 1. The molecule has 0 saturated heterocycles. The number of ether oxygens (including phenoxy) is 2. The van der Waals surface area contributed by atoms with Gasteiger partial charge in [0.05, 0.1) is 36.1 Å². The zero-order valence-electron chi connectivity index (χ0n) is 22.8. The predicted octanol–water partition coefficient (Wildman–Crippen LogP) is 3.97. The summed E-state index contributed by atoms with van der Waals surface area (Å²) in [5, 5.41) is 2.87. The summed E-state index contributed by atoms with van der Waals surface area (Å²) in [5.74, 6) is -0.238.